The quantitative estimate of drug-likeness (QED) is 0.647. The highest BCUT2D eigenvalue weighted by Gasteiger charge is 2.04. The van der Waals surface area contributed by atoms with Gasteiger partial charge in [0.2, 0.25) is 0 Å². The third-order valence-electron chi connectivity index (χ3n) is 1.98. The van der Waals surface area contributed by atoms with Crippen molar-refractivity contribution < 1.29 is 9.50 Å². The van der Waals surface area contributed by atoms with E-state index in [0.717, 1.165) is 24.5 Å². The highest BCUT2D eigenvalue weighted by molar-refractivity contribution is 5.25. The van der Waals surface area contributed by atoms with Crippen LogP contribution in [0.4, 0.5) is 4.39 Å². The van der Waals surface area contributed by atoms with Gasteiger partial charge in [0.15, 0.2) is 0 Å². The maximum atomic E-state index is 12.8. The highest BCUT2D eigenvalue weighted by Crippen LogP contribution is 2.14. The Morgan fingerprint density at radius 2 is 2.21 bits per heavy atom. The molecule has 1 atom stereocenters. The Bertz CT molecular complexity index is 228. The van der Waals surface area contributed by atoms with Crippen molar-refractivity contribution in [3.8, 4) is 0 Å². The Kier molecular flexibility index (Phi) is 7.03. The minimum absolute atomic E-state index is 0.359. The molecule has 0 radical (unpaired) electrons. The van der Waals surface area contributed by atoms with Crippen molar-refractivity contribution >= 4 is 0 Å². The molecule has 0 heterocycles. The van der Waals surface area contributed by atoms with Crippen molar-refractivity contribution in [1.29, 1.82) is 0 Å². The molecule has 2 heteroatoms. The molecule has 0 aromatic heterocycles. The molecule has 80 valence electrons. The molecule has 0 aliphatic rings. The van der Waals surface area contributed by atoms with Crippen LogP contribution in [-0.4, -0.2) is 11.2 Å². The van der Waals surface area contributed by atoms with E-state index in [1.807, 2.05) is 19.9 Å². The monoisotopic (exact) mass is 198 g/mol. The van der Waals surface area contributed by atoms with Gasteiger partial charge < -0.3 is 5.11 Å². The first kappa shape index (κ1) is 13.1. The number of hydrogen-bond acceptors (Lipinski definition) is 1. The molecule has 0 spiro atoms. The standard InChI is InChI=1S/C12H19FO/c1-4-7-12(14)9-10(5-2)8-11(13)6-3/h5-6,8,12,14H,3-4,7,9H2,1-2H3/b10-5+,11-8+. The van der Waals surface area contributed by atoms with E-state index in [1.54, 1.807) is 0 Å². The molecule has 0 saturated heterocycles. The second-order valence-electron chi connectivity index (χ2n) is 3.24. The van der Waals surface area contributed by atoms with Crippen LogP contribution in [0.25, 0.3) is 0 Å². The summed E-state index contributed by atoms with van der Waals surface area (Å²) >= 11 is 0. The van der Waals surface area contributed by atoms with Gasteiger partial charge in [0.1, 0.15) is 5.83 Å². The Labute approximate surface area is 85.6 Å². The fourth-order valence-corrected chi connectivity index (χ4v) is 1.20. The van der Waals surface area contributed by atoms with Crippen molar-refractivity contribution in [2.45, 2.75) is 39.2 Å². The first-order valence-electron chi connectivity index (χ1n) is 4.96. The van der Waals surface area contributed by atoms with Crippen molar-refractivity contribution in [2.24, 2.45) is 0 Å². The predicted octanol–water partition coefficient (Wildman–Crippen LogP) is 3.52. The van der Waals surface area contributed by atoms with E-state index < -0.39 is 0 Å². The zero-order valence-electron chi connectivity index (χ0n) is 8.96. The van der Waals surface area contributed by atoms with Crippen molar-refractivity contribution in [3.05, 3.63) is 36.2 Å². The minimum Gasteiger partial charge on any atom is -0.393 e. The number of aliphatic hydroxyl groups is 1. The second-order valence-corrected chi connectivity index (χ2v) is 3.24. The van der Waals surface area contributed by atoms with E-state index in [9.17, 15) is 9.50 Å². The lowest BCUT2D eigenvalue weighted by atomic mass is 10.0. The maximum Gasteiger partial charge on any atom is 0.122 e. The lowest BCUT2D eigenvalue weighted by Crippen LogP contribution is -2.06. The molecule has 0 bridgehead atoms. The summed E-state index contributed by atoms with van der Waals surface area (Å²) in [5.41, 5.74) is 0.809. The Hall–Kier alpha value is -0.890. The number of hydrogen-bond donors (Lipinski definition) is 1. The van der Waals surface area contributed by atoms with Gasteiger partial charge in [-0.1, -0.05) is 26.0 Å². The highest BCUT2D eigenvalue weighted by atomic mass is 19.1. The van der Waals surface area contributed by atoms with Crippen molar-refractivity contribution in [1.82, 2.24) is 0 Å². The normalized spacial score (nSPS) is 15.4. The number of aliphatic hydroxyl groups excluding tert-OH is 1. The van der Waals surface area contributed by atoms with E-state index in [0.29, 0.717) is 6.42 Å². The molecule has 1 nitrogen and oxygen atoms in total. The lowest BCUT2D eigenvalue weighted by Gasteiger charge is -2.09. The molecule has 14 heavy (non-hydrogen) atoms. The first-order valence-corrected chi connectivity index (χ1v) is 4.96. The van der Waals surface area contributed by atoms with Gasteiger partial charge in [0, 0.05) is 0 Å². The van der Waals surface area contributed by atoms with E-state index >= 15 is 0 Å². The molecule has 0 rings (SSSR count). The average molecular weight is 198 g/mol. The van der Waals surface area contributed by atoms with Gasteiger partial charge in [0.25, 0.3) is 0 Å². The predicted molar refractivity (Wildman–Crippen MR) is 58.7 cm³/mol. The maximum absolute atomic E-state index is 12.8. The molecule has 0 aliphatic carbocycles. The fraction of sp³-hybridized carbons (Fsp3) is 0.500. The summed E-state index contributed by atoms with van der Waals surface area (Å²) in [5, 5.41) is 9.52. The van der Waals surface area contributed by atoms with Crippen LogP contribution in [0.3, 0.4) is 0 Å². The minimum atomic E-state index is -0.375. The van der Waals surface area contributed by atoms with E-state index in [1.165, 1.54) is 6.08 Å². The summed E-state index contributed by atoms with van der Waals surface area (Å²) in [6, 6.07) is 0. The van der Waals surface area contributed by atoms with Gasteiger partial charge in [-0.25, -0.2) is 4.39 Å². The summed E-state index contributed by atoms with van der Waals surface area (Å²) in [6.07, 6.45) is 6.20. The summed E-state index contributed by atoms with van der Waals surface area (Å²) in [5.74, 6) is -0.359. The van der Waals surface area contributed by atoms with Gasteiger partial charge in [-0.05, 0) is 37.5 Å². The van der Waals surface area contributed by atoms with E-state index in [-0.39, 0.29) is 11.9 Å². The summed E-state index contributed by atoms with van der Waals surface area (Å²) in [6.45, 7) is 7.18. The van der Waals surface area contributed by atoms with Gasteiger partial charge in [-0.2, -0.15) is 0 Å². The van der Waals surface area contributed by atoms with Crippen LogP contribution in [0.15, 0.2) is 36.2 Å². The average Bonchev–Trinajstić information content (AvgIpc) is 2.16. The molecule has 0 aromatic rings. The number of rotatable bonds is 6. The van der Waals surface area contributed by atoms with Crippen LogP contribution >= 0.6 is 0 Å². The van der Waals surface area contributed by atoms with E-state index in [4.69, 9.17) is 0 Å². The van der Waals surface area contributed by atoms with E-state index in [2.05, 4.69) is 6.58 Å². The third-order valence-corrected chi connectivity index (χ3v) is 1.98. The first-order chi connectivity index (χ1) is 6.63. The van der Waals surface area contributed by atoms with Crippen LogP contribution in [0, 0.1) is 0 Å². The van der Waals surface area contributed by atoms with Crippen LogP contribution in [0.1, 0.15) is 33.1 Å². The second kappa shape index (κ2) is 7.51. The van der Waals surface area contributed by atoms with Crippen LogP contribution < -0.4 is 0 Å². The Balaban J connectivity index is 4.24. The third kappa shape index (κ3) is 5.70. The summed E-state index contributed by atoms with van der Waals surface area (Å²) in [7, 11) is 0. The molecular formula is C12H19FO. The molecule has 0 amide bonds. The van der Waals surface area contributed by atoms with Crippen LogP contribution in [-0.2, 0) is 0 Å². The zero-order chi connectivity index (χ0) is 11.0. The topological polar surface area (TPSA) is 20.2 Å². The summed E-state index contributed by atoms with van der Waals surface area (Å²) in [4.78, 5) is 0. The van der Waals surface area contributed by atoms with Crippen LogP contribution in [0.5, 0.6) is 0 Å². The summed E-state index contributed by atoms with van der Waals surface area (Å²) < 4.78 is 12.8. The molecule has 0 aromatic carbocycles. The molecule has 0 saturated carbocycles. The SMILES string of the molecule is C=C/C(F)=C\C(=C/C)CC(O)CCC. The molecular weight excluding hydrogens is 179 g/mol. The van der Waals surface area contributed by atoms with Crippen molar-refractivity contribution in [2.75, 3.05) is 0 Å². The number of halogens is 1. The smallest absolute Gasteiger partial charge is 0.122 e. The fourth-order valence-electron chi connectivity index (χ4n) is 1.20. The van der Waals surface area contributed by atoms with Gasteiger partial charge in [-0.3, -0.25) is 0 Å². The largest absolute Gasteiger partial charge is 0.393 e. The van der Waals surface area contributed by atoms with Crippen LogP contribution in [0.2, 0.25) is 0 Å². The Morgan fingerprint density at radius 3 is 2.64 bits per heavy atom. The molecule has 0 fully saturated rings. The molecule has 0 aliphatic heterocycles. The van der Waals surface area contributed by atoms with Gasteiger partial charge >= 0.3 is 0 Å². The van der Waals surface area contributed by atoms with Gasteiger partial charge in [0.05, 0.1) is 6.10 Å². The Morgan fingerprint density at radius 1 is 1.57 bits per heavy atom. The van der Waals surface area contributed by atoms with Crippen molar-refractivity contribution in [3.63, 3.8) is 0 Å². The molecule has 1 N–H and O–H groups in total. The number of allylic oxidation sites excluding steroid dienone is 4. The van der Waals surface area contributed by atoms with Gasteiger partial charge in [-0.15, -0.1) is 0 Å². The molecule has 1 unspecified atom stereocenters. The zero-order valence-corrected chi connectivity index (χ0v) is 8.96. The lowest BCUT2D eigenvalue weighted by molar-refractivity contribution is 0.164.